The topological polar surface area (TPSA) is 109 Å². The molecule has 1 amide bonds. The minimum absolute atomic E-state index is 0.0356. The summed E-state index contributed by atoms with van der Waals surface area (Å²) in [5.41, 5.74) is 0.348. The van der Waals surface area contributed by atoms with Crippen LogP contribution in [0.25, 0.3) is 0 Å². The van der Waals surface area contributed by atoms with Crippen molar-refractivity contribution in [3.8, 4) is 11.5 Å². The number of hydrogen-bond acceptors (Lipinski definition) is 6. The summed E-state index contributed by atoms with van der Waals surface area (Å²) in [5.74, 6) is 1.04. The molecule has 9 heteroatoms. The zero-order chi connectivity index (χ0) is 21.0. The third-order valence-corrected chi connectivity index (χ3v) is 4.44. The maximum absolute atomic E-state index is 13.0. The average Bonchev–Trinajstić information content (AvgIpc) is 3.16. The molecular formula is C20H20N4O5. The van der Waals surface area contributed by atoms with E-state index in [1.54, 1.807) is 48.3 Å². The fourth-order valence-electron chi connectivity index (χ4n) is 2.98. The maximum Gasteiger partial charge on any atom is 0.282 e. The van der Waals surface area contributed by atoms with Gasteiger partial charge in [0.2, 0.25) is 0 Å². The van der Waals surface area contributed by atoms with E-state index < -0.39 is 16.9 Å². The van der Waals surface area contributed by atoms with Crippen LogP contribution in [0.3, 0.4) is 0 Å². The van der Waals surface area contributed by atoms with Gasteiger partial charge in [-0.1, -0.05) is 12.1 Å². The van der Waals surface area contributed by atoms with Gasteiger partial charge < -0.3 is 19.4 Å². The highest BCUT2D eigenvalue weighted by molar-refractivity contribution is 5.98. The van der Waals surface area contributed by atoms with Crippen LogP contribution in [0.2, 0.25) is 0 Å². The zero-order valence-corrected chi connectivity index (χ0v) is 16.2. The summed E-state index contributed by atoms with van der Waals surface area (Å²) < 4.78 is 12.4. The molecule has 1 aromatic heterocycles. The van der Waals surface area contributed by atoms with E-state index in [0.717, 1.165) is 0 Å². The van der Waals surface area contributed by atoms with E-state index in [2.05, 4.69) is 10.3 Å². The second-order valence-corrected chi connectivity index (χ2v) is 6.22. The lowest BCUT2D eigenvalue weighted by molar-refractivity contribution is -0.385. The molecular weight excluding hydrogens is 376 g/mol. The SMILES string of the molecule is COc1cc(OC)cc(C(NC(=O)c2ccccc2[N+](=O)[O-])c2nccn2C)c1. The number of methoxy groups -OCH3 is 2. The molecule has 9 nitrogen and oxygen atoms in total. The fraction of sp³-hybridized carbons (Fsp3) is 0.200. The van der Waals surface area contributed by atoms with Crippen LogP contribution in [0.15, 0.2) is 54.9 Å². The van der Waals surface area contributed by atoms with Crippen molar-refractivity contribution >= 4 is 11.6 Å². The first kappa shape index (κ1) is 19.9. The summed E-state index contributed by atoms with van der Waals surface area (Å²) >= 11 is 0. The van der Waals surface area contributed by atoms with Crippen molar-refractivity contribution < 1.29 is 19.2 Å². The van der Waals surface area contributed by atoms with Gasteiger partial charge in [-0.05, 0) is 23.8 Å². The van der Waals surface area contributed by atoms with E-state index in [4.69, 9.17) is 9.47 Å². The molecule has 1 N–H and O–H groups in total. The molecule has 0 aliphatic carbocycles. The Bertz CT molecular complexity index is 1020. The first-order valence-electron chi connectivity index (χ1n) is 8.69. The van der Waals surface area contributed by atoms with Crippen LogP contribution in [0.4, 0.5) is 5.69 Å². The number of nitro groups is 1. The van der Waals surface area contributed by atoms with Crippen LogP contribution in [-0.4, -0.2) is 34.6 Å². The van der Waals surface area contributed by atoms with Gasteiger partial charge in [0.15, 0.2) is 0 Å². The molecule has 0 fully saturated rings. The second-order valence-electron chi connectivity index (χ2n) is 6.22. The van der Waals surface area contributed by atoms with Crippen molar-refractivity contribution in [2.45, 2.75) is 6.04 Å². The van der Waals surface area contributed by atoms with Gasteiger partial charge in [0.05, 0.1) is 19.1 Å². The molecule has 0 radical (unpaired) electrons. The van der Waals surface area contributed by atoms with Crippen molar-refractivity contribution in [2.24, 2.45) is 7.05 Å². The molecule has 0 spiro atoms. The number of rotatable bonds is 7. The summed E-state index contributed by atoms with van der Waals surface area (Å²) in [5, 5.41) is 14.2. The molecule has 1 atom stereocenters. The second kappa shape index (κ2) is 8.42. The highest BCUT2D eigenvalue weighted by atomic mass is 16.6. The molecule has 150 valence electrons. The van der Waals surface area contributed by atoms with E-state index in [1.165, 1.54) is 32.4 Å². The smallest absolute Gasteiger partial charge is 0.282 e. The number of aryl methyl sites for hydroxylation is 1. The number of aromatic nitrogens is 2. The van der Waals surface area contributed by atoms with E-state index in [-0.39, 0.29) is 11.3 Å². The number of amides is 1. The third-order valence-electron chi connectivity index (χ3n) is 4.44. The van der Waals surface area contributed by atoms with Crippen molar-refractivity contribution in [2.75, 3.05) is 14.2 Å². The monoisotopic (exact) mass is 396 g/mol. The maximum atomic E-state index is 13.0. The summed E-state index contributed by atoms with van der Waals surface area (Å²) in [6.45, 7) is 0. The first-order valence-corrected chi connectivity index (χ1v) is 8.69. The van der Waals surface area contributed by atoms with Gasteiger partial charge in [-0.25, -0.2) is 4.98 Å². The van der Waals surface area contributed by atoms with E-state index >= 15 is 0 Å². The van der Waals surface area contributed by atoms with Gasteiger partial charge in [-0.15, -0.1) is 0 Å². The van der Waals surface area contributed by atoms with Crippen LogP contribution in [-0.2, 0) is 7.05 Å². The average molecular weight is 396 g/mol. The molecule has 1 unspecified atom stereocenters. The lowest BCUT2D eigenvalue weighted by Gasteiger charge is -2.20. The molecule has 29 heavy (non-hydrogen) atoms. The lowest BCUT2D eigenvalue weighted by atomic mass is 10.0. The Morgan fingerprint density at radius 3 is 2.38 bits per heavy atom. The van der Waals surface area contributed by atoms with E-state index in [1.807, 2.05) is 0 Å². The molecule has 0 saturated carbocycles. The standard InChI is InChI=1S/C20H20N4O5/c1-23-9-8-21-19(23)18(13-10-14(28-2)12-15(11-13)29-3)22-20(25)16-6-4-5-7-17(16)24(26)27/h4-12,18H,1-3H3,(H,22,25). The number of hydrogen-bond donors (Lipinski definition) is 1. The zero-order valence-electron chi connectivity index (χ0n) is 16.2. The lowest BCUT2D eigenvalue weighted by Crippen LogP contribution is -2.31. The summed E-state index contributed by atoms with van der Waals surface area (Å²) in [6.07, 6.45) is 3.35. The molecule has 3 aromatic rings. The Labute approximate surface area is 167 Å². The Hall–Kier alpha value is -3.88. The largest absolute Gasteiger partial charge is 0.497 e. The molecule has 3 rings (SSSR count). The van der Waals surface area contributed by atoms with Gasteiger partial charge >= 0.3 is 0 Å². The van der Waals surface area contributed by atoms with Gasteiger partial charge in [0.1, 0.15) is 28.9 Å². The molecule has 0 aliphatic heterocycles. The van der Waals surface area contributed by atoms with Crippen LogP contribution in [0.1, 0.15) is 27.8 Å². The molecule has 1 heterocycles. The quantitative estimate of drug-likeness (QED) is 0.486. The number of nitrogens with one attached hydrogen (secondary N) is 1. The normalized spacial score (nSPS) is 11.6. The van der Waals surface area contributed by atoms with Crippen LogP contribution >= 0.6 is 0 Å². The third kappa shape index (κ3) is 4.18. The minimum atomic E-state index is -0.689. The summed E-state index contributed by atoms with van der Waals surface area (Å²) in [4.78, 5) is 28.0. The van der Waals surface area contributed by atoms with Crippen molar-refractivity contribution in [3.05, 3.63) is 81.9 Å². The molecule has 0 saturated heterocycles. The molecule has 2 aromatic carbocycles. The number of carbonyl (C=O) groups is 1. The predicted octanol–water partition coefficient (Wildman–Crippen LogP) is 2.86. The number of nitrogens with zero attached hydrogens (tertiary/aromatic N) is 3. The van der Waals surface area contributed by atoms with Gasteiger partial charge in [0, 0.05) is 31.6 Å². The highest BCUT2D eigenvalue weighted by Crippen LogP contribution is 2.30. The van der Waals surface area contributed by atoms with Crippen LogP contribution < -0.4 is 14.8 Å². The van der Waals surface area contributed by atoms with Crippen molar-refractivity contribution in [1.29, 1.82) is 0 Å². The van der Waals surface area contributed by atoms with Gasteiger partial charge in [-0.3, -0.25) is 14.9 Å². The Kier molecular flexibility index (Phi) is 5.77. The number of carbonyl (C=O) groups excluding carboxylic acids is 1. The predicted molar refractivity (Wildman–Crippen MR) is 105 cm³/mol. The van der Waals surface area contributed by atoms with Crippen molar-refractivity contribution in [1.82, 2.24) is 14.9 Å². The van der Waals surface area contributed by atoms with E-state index in [0.29, 0.717) is 22.9 Å². The number of nitro benzene ring substituents is 1. The Balaban J connectivity index is 2.06. The highest BCUT2D eigenvalue weighted by Gasteiger charge is 2.26. The van der Waals surface area contributed by atoms with Gasteiger partial charge in [0.25, 0.3) is 11.6 Å². The number of ether oxygens (including phenoxy) is 2. The minimum Gasteiger partial charge on any atom is -0.497 e. The van der Waals surface area contributed by atoms with E-state index in [9.17, 15) is 14.9 Å². The molecule has 0 bridgehead atoms. The fourth-order valence-corrected chi connectivity index (χ4v) is 2.98. The first-order chi connectivity index (χ1) is 13.9. The molecule has 0 aliphatic rings. The number of imidazole rings is 1. The van der Waals surface area contributed by atoms with Crippen molar-refractivity contribution in [3.63, 3.8) is 0 Å². The number of para-hydroxylation sites is 1. The van der Waals surface area contributed by atoms with Crippen LogP contribution in [0, 0.1) is 10.1 Å². The Morgan fingerprint density at radius 2 is 1.83 bits per heavy atom. The summed E-state index contributed by atoms with van der Waals surface area (Å²) in [7, 11) is 4.85. The number of benzene rings is 2. The summed E-state index contributed by atoms with van der Waals surface area (Å²) in [6, 6.07) is 10.3. The van der Waals surface area contributed by atoms with Gasteiger partial charge in [-0.2, -0.15) is 0 Å². The Morgan fingerprint density at radius 1 is 1.17 bits per heavy atom. The van der Waals surface area contributed by atoms with Crippen LogP contribution in [0.5, 0.6) is 11.5 Å².